The van der Waals surface area contributed by atoms with E-state index in [0.717, 1.165) is 48.4 Å². The molecule has 2 aromatic carbocycles. The molecule has 0 spiro atoms. The van der Waals surface area contributed by atoms with E-state index in [0.29, 0.717) is 23.4 Å². The van der Waals surface area contributed by atoms with Crippen LogP contribution in [0.1, 0.15) is 43.7 Å². The fourth-order valence-corrected chi connectivity index (χ4v) is 5.86. The van der Waals surface area contributed by atoms with Crippen LogP contribution in [-0.2, 0) is 9.84 Å². The van der Waals surface area contributed by atoms with Crippen LogP contribution in [0.4, 0.5) is 23.1 Å². The molecule has 5 N–H and O–H groups in total. The van der Waals surface area contributed by atoms with E-state index < -0.39 is 9.84 Å². The maximum absolute atomic E-state index is 12.4. The van der Waals surface area contributed by atoms with Gasteiger partial charge in [0.1, 0.15) is 5.69 Å². The zero-order valence-corrected chi connectivity index (χ0v) is 23.0. The van der Waals surface area contributed by atoms with Crippen molar-refractivity contribution < 1.29 is 18.1 Å². The second kappa shape index (κ2) is 10.6. The lowest BCUT2D eigenvalue weighted by atomic mass is 9.87. The minimum absolute atomic E-state index is 0.00618. The molecule has 0 radical (unpaired) electrons. The van der Waals surface area contributed by atoms with Gasteiger partial charge in [0, 0.05) is 12.5 Å². The Balaban J connectivity index is 1.53. The van der Waals surface area contributed by atoms with Crippen LogP contribution in [0.15, 0.2) is 53.6 Å². The number of aryl methyl sites for hydroxylation is 1. The number of H-pyrrole nitrogens is 2. The smallest absolute Gasteiger partial charge is 0.351 e. The topological polar surface area (TPSA) is 122 Å². The number of fused-ring (bicyclic) bond motifs is 1. The van der Waals surface area contributed by atoms with Crippen LogP contribution in [0.25, 0.3) is 11.0 Å². The van der Waals surface area contributed by atoms with Crippen LogP contribution in [0, 0.1) is 6.92 Å². The molecule has 1 aliphatic rings. The number of anilines is 4. The third-order valence-corrected chi connectivity index (χ3v) is 7.93. The summed E-state index contributed by atoms with van der Waals surface area (Å²) in [6.07, 6.45) is 5.23. The Bertz CT molecular complexity index is 1560. The Kier molecular flexibility index (Phi) is 7.27. The molecule has 9 nitrogen and oxygen atoms in total. The first-order valence-electron chi connectivity index (χ1n) is 12.9. The fourth-order valence-electron chi connectivity index (χ4n) is 5.02. The van der Waals surface area contributed by atoms with Gasteiger partial charge in [0.15, 0.2) is 15.6 Å². The quantitative estimate of drug-likeness (QED) is 0.255. The lowest BCUT2D eigenvalue weighted by molar-refractivity contribution is -0.333. The van der Waals surface area contributed by atoms with Crippen molar-refractivity contribution >= 4 is 44.0 Å². The summed E-state index contributed by atoms with van der Waals surface area (Å²) in [5.41, 5.74) is 4.55. The molecule has 38 heavy (non-hydrogen) atoms. The summed E-state index contributed by atoms with van der Waals surface area (Å²) in [6, 6.07) is 13.0. The van der Waals surface area contributed by atoms with Gasteiger partial charge in [-0.15, -0.1) is 0 Å². The Morgan fingerprint density at radius 1 is 1.08 bits per heavy atom. The van der Waals surface area contributed by atoms with Crippen LogP contribution < -0.4 is 25.7 Å². The number of hydrogen-bond acceptors (Lipinski definition) is 7. The molecular weight excluding hydrogens is 500 g/mol. The molecule has 1 fully saturated rings. The van der Waals surface area contributed by atoms with Gasteiger partial charge in [0.05, 0.1) is 22.1 Å². The van der Waals surface area contributed by atoms with Gasteiger partial charge in [-0.2, -0.15) is 0 Å². The Morgan fingerprint density at radius 3 is 2.58 bits per heavy atom. The number of hydrogen-bond donors (Lipinski definition) is 4. The molecule has 4 aromatic rings. The van der Waals surface area contributed by atoms with Crippen LogP contribution in [0.5, 0.6) is 5.75 Å². The molecule has 0 bridgehead atoms. The second-order valence-corrected chi connectivity index (χ2v) is 12.1. The van der Waals surface area contributed by atoms with Gasteiger partial charge in [-0.25, -0.2) is 13.4 Å². The molecule has 0 atom stereocenters. The molecule has 1 aliphatic heterocycles. The molecule has 2 aromatic heterocycles. The van der Waals surface area contributed by atoms with E-state index >= 15 is 0 Å². The Labute approximate surface area is 223 Å². The van der Waals surface area contributed by atoms with Gasteiger partial charge in [0.25, 0.3) is 0 Å². The summed E-state index contributed by atoms with van der Waals surface area (Å²) in [6.45, 7) is 8.23. The van der Waals surface area contributed by atoms with Gasteiger partial charge in [-0.05, 0) is 94.1 Å². The zero-order chi connectivity index (χ0) is 26.9. The second-order valence-electron chi connectivity index (χ2n) is 10.1. The highest BCUT2D eigenvalue weighted by Gasteiger charge is 2.23. The number of sulfone groups is 1. The van der Waals surface area contributed by atoms with E-state index in [4.69, 9.17) is 9.72 Å². The third-order valence-electron chi connectivity index (χ3n) is 6.77. The normalized spacial score (nSPS) is 14.7. The maximum Gasteiger partial charge on any atom is 0.351 e. The molecule has 0 amide bonds. The first-order valence-corrected chi connectivity index (χ1v) is 14.8. The lowest BCUT2D eigenvalue weighted by Gasteiger charge is -2.26. The van der Waals surface area contributed by atoms with Gasteiger partial charge in [-0.3, -0.25) is 10.3 Å². The van der Waals surface area contributed by atoms with Crippen LogP contribution in [-0.4, -0.2) is 43.8 Å². The average Bonchev–Trinajstić information content (AvgIpc) is 3.35. The Hall–Kier alpha value is -3.63. The highest BCUT2D eigenvalue weighted by molar-refractivity contribution is 7.90. The fraction of sp³-hybridized carbons (Fsp3) is 0.357. The molecule has 1 saturated heterocycles. The standard InChI is InChI=1S/C28H34N6O3S/c1-17(2)37-24-16-21(19-9-12-29-13-10-19)18(3)15-23(24)32-28-33-26-20(11-14-30-26)27(34-28)31-22-7-5-6-8-25(22)38(4,35)36/h5-8,11,14-17,19,29H,9-10,12-13H2,1-4H3,(H3,30,31,32,33,34)/p+1. The van der Waals surface area contributed by atoms with E-state index in [-0.39, 0.29) is 11.0 Å². The van der Waals surface area contributed by atoms with Crippen LogP contribution in [0.2, 0.25) is 0 Å². The molecule has 0 saturated carbocycles. The van der Waals surface area contributed by atoms with Crippen molar-refractivity contribution in [2.45, 2.75) is 50.5 Å². The Morgan fingerprint density at radius 2 is 1.84 bits per heavy atom. The van der Waals surface area contributed by atoms with Crippen molar-refractivity contribution in [3.63, 3.8) is 0 Å². The number of aromatic nitrogens is 3. The van der Waals surface area contributed by atoms with E-state index in [1.807, 2.05) is 26.1 Å². The minimum Gasteiger partial charge on any atom is -0.488 e. The van der Waals surface area contributed by atoms with Crippen molar-refractivity contribution in [3.05, 3.63) is 59.8 Å². The number of nitrogens with one attached hydrogen (secondary N) is 5. The maximum atomic E-state index is 12.4. The number of benzene rings is 2. The first kappa shape index (κ1) is 26.0. The van der Waals surface area contributed by atoms with Crippen molar-refractivity contribution in [3.8, 4) is 5.75 Å². The van der Waals surface area contributed by atoms with Gasteiger partial charge >= 0.3 is 5.95 Å². The van der Waals surface area contributed by atoms with E-state index in [1.165, 1.54) is 17.4 Å². The molecule has 0 unspecified atom stereocenters. The van der Waals surface area contributed by atoms with Gasteiger partial charge < -0.3 is 15.4 Å². The predicted molar refractivity (Wildman–Crippen MR) is 151 cm³/mol. The minimum atomic E-state index is -3.43. The third kappa shape index (κ3) is 5.61. The number of para-hydroxylation sites is 1. The largest absolute Gasteiger partial charge is 0.488 e. The number of piperidine rings is 1. The monoisotopic (exact) mass is 535 g/mol. The summed E-state index contributed by atoms with van der Waals surface area (Å²) in [5, 5.41) is 10.9. The van der Waals surface area contributed by atoms with Crippen LogP contribution >= 0.6 is 0 Å². The van der Waals surface area contributed by atoms with Gasteiger partial charge in [0.2, 0.25) is 11.5 Å². The van der Waals surface area contributed by atoms with Crippen molar-refractivity contribution in [2.24, 2.45) is 0 Å². The molecule has 10 heteroatoms. The van der Waals surface area contributed by atoms with E-state index in [9.17, 15) is 8.42 Å². The summed E-state index contributed by atoms with van der Waals surface area (Å²) in [5.74, 6) is 2.29. The molecule has 0 aliphatic carbocycles. The summed E-state index contributed by atoms with van der Waals surface area (Å²) >= 11 is 0. The molecule has 200 valence electrons. The summed E-state index contributed by atoms with van der Waals surface area (Å²) in [7, 11) is -3.43. The predicted octanol–water partition coefficient (Wildman–Crippen LogP) is 4.83. The van der Waals surface area contributed by atoms with Crippen molar-refractivity contribution in [1.82, 2.24) is 15.3 Å². The van der Waals surface area contributed by atoms with Crippen LogP contribution in [0.3, 0.4) is 0 Å². The lowest BCUT2D eigenvalue weighted by Crippen LogP contribution is -2.27. The first-order chi connectivity index (χ1) is 18.2. The van der Waals surface area contributed by atoms with E-state index in [1.54, 1.807) is 24.3 Å². The summed E-state index contributed by atoms with van der Waals surface area (Å²) < 4.78 is 31.0. The highest BCUT2D eigenvalue weighted by atomic mass is 32.2. The molecule has 5 rings (SSSR count). The number of ether oxygens (including phenoxy) is 1. The SMILES string of the molecule is Cc1cc(Nc2nc(Nc3ccccc3S(C)(=O)=O)c3cc[nH]c3[nH+]2)c(OC(C)C)cc1C1CCNCC1. The molecular formula is C28H35N6O3S+. The highest BCUT2D eigenvalue weighted by Crippen LogP contribution is 2.37. The summed E-state index contributed by atoms with van der Waals surface area (Å²) in [4.78, 5) is 11.5. The van der Waals surface area contributed by atoms with Crippen molar-refractivity contribution in [2.75, 3.05) is 30.0 Å². The molecule has 3 heterocycles. The van der Waals surface area contributed by atoms with E-state index in [2.05, 4.69) is 45.0 Å². The van der Waals surface area contributed by atoms with Gasteiger partial charge in [-0.1, -0.05) is 17.1 Å². The average molecular weight is 536 g/mol. The number of aromatic amines is 2. The number of nitrogens with zero attached hydrogens (tertiary/aromatic N) is 1. The zero-order valence-electron chi connectivity index (χ0n) is 22.2. The number of rotatable bonds is 8. The van der Waals surface area contributed by atoms with Crippen molar-refractivity contribution in [1.29, 1.82) is 0 Å².